The van der Waals surface area contributed by atoms with Gasteiger partial charge < -0.3 is 10.5 Å². The average molecular weight is 446 g/mol. The van der Waals surface area contributed by atoms with Crippen molar-refractivity contribution >= 4 is 5.78 Å². The van der Waals surface area contributed by atoms with E-state index in [9.17, 15) is 23.2 Å². The number of ketones is 1. The SMILES string of the molecule is CC1(C)CC(=O)C2=C(C1)N(N1CCOCC1)C(N)=C(C#N)C2c1ccccc1C(F)(F)F. The Hall–Kier alpha value is -2.83. The van der Waals surface area contributed by atoms with E-state index in [2.05, 4.69) is 0 Å². The first-order valence-corrected chi connectivity index (χ1v) is 10.5. The monoisotopic (exact) mass is 446 g/mol. The van der Waals surface area contributed by atoms with Crippen molar-refractivity contribution < 1.29 is 22.7 Å². The van der Waals surface area contributed by atoms with Crippen LogP contribution in [0.1, 0.15) is 43.7 Å². The zero-order valence-corrected chi connectivity index (χ0v) is 18.0. The summed E-state index contributed by atoms with van der Waals surface area (Å²) in [6.07, 6.45) is -3.99. The second-order valence-electron chi connectivity index (χ2n) is 9.11. The van der Waals surface area contributed by atoms with E-state index in [1.54, 1.807) is 5.01 Å². The van der Waals surface area contributed by atoms with Crippen molar-refractivity contribution in [2.24, 2.45) is 11.1 Å². The summed E-state index contributed by atoms with van der Waals surface area (Å²) in [4.78, 5) is 13.4. The van der Waals surface area contributed by atoms with Crippen LogP contribution in [0.5, 0.6) is 0 Å². The molecule has 0 radical (unpaired) electrons. The molecule has 1 aromatic rings. The molecule has 4 rings (SSSR count). The Morgan fingerprint density at radius 1 is 1.19 bits per heavy atom. The third-order valence-electron chi connectivity index (χ3n) is 6.20. The maximum Gasteiger partial charge on any atom is 0.416 e. The van der Waals surface area contributed by atoms with Gasteiger partial charge in [-0.2, -0.15) is 18.4 Å². The van der Waals surface area contributed by atoms with Gasteiger partial charge in [0.25, 0.3) is 0 Å². The highest BCUT2D eigenvalue weighted by atomic mass is 19.4. The summed E-state index contributed by atoms with van der Waals surface area (Å²) in [5.74, 6) is -1.34. The molecule has 6 nitrogen and oxygen atoms in total. The van der Waals surface area contributed by atoms with Crippen molar-refractivity contribution in [3.05, 3.63) is 58.1 Å². The third kappa shape index (κ3) is 3.78. The van der Waals surface area contributed by atoms with Crippen LogP contribution in [0.15, 0.2) is 46.9 Å². The molecule has 1 fully saturated rings. The zero-order valence-electron chi connectivity index (χ0n) is 18.0. The van der Waals surface area contributed by atoms with Gasteiger partial charge in [-0.05, 0) is 23.5 Å². The van der Waals surface area contributed by atoms with E-state index in [1.165, 1.54) is 18.2 Å². The van der Waals surface area contributed by atoms with Crippen molar-refractivity contribution in [1.29, 1.82) is 5.26 Å². The highest BCUT2D eigenvalue weighted by molar-refractivity contribution is 6.00. The van der Waals surface area contributed by atoms with E-state index in [4.69, 9.17) is 10.5 Å². The van der Waals surface area contributed by atoms with Gasteiger partial charge >= 0.3 is 6.18 Å². The molecule has 2 heterocycles. The molecule has 1 saturated heterocycles. The Balaban J connectivity index is 1.97. The molecule has 0 bridgehead atoms. The molecule has 32 heavy (non-hydrogen) atoms. The van der Waals surface area contributed by atoms with Gasteiger partial charge in [0.05, 0.1) is 36.3 Å². The number of hydrogen-bond donors (Lipinski definition) is 1. The number of ether oxygens (including phenoxy) is 1. The lowest BCUT2D eigenvalue weighted by atomic mass is 9.68. The fourth-order valence-electron chi connectivity index (χ4n) is 4.89. The predicted molar refractivity (Wildman–Crippen MR) is 110 cm³/mol. The van der Waals surface area contributed by atoms with Gasteiger partial charge in [-0.1, -0.05) is 32.0 Å². The topological polar surface area (TPSA) is 82.6 Å². The number of alkyl halides is 3. The first-order valence-electron chi connectivity index (χ1n) is 10.5. The minimum Gasteiger partial charge on any atom is -0.383 e. The van der Waals surface area contributed by atoms with Crippen LogP contribution in [0.4, 0.5) is 13.2 Å². The first kappa shape index (κ1) is 22.4. The summed E-state index contributed by atoms with van der Waals surface area (Å²) in [5, 5.41) is 13.6. The van der Waals surface area contributed by atoms with E-state index < -0.39 is 17.7 Å². The third-order valence-corrected chi connectivity index (χ3v) is 6.20. The van der Waals surface area contributed by atoms with Crippen LogP contribution < -0.4 is 5.73 Å². The highest BCUT2D eigenvalue weighted by Gasteiger charge is 2.47. The van der Waals surface area contributed by atoms with Gasteiger partial charge in [-0.25, -0.2) is 5.01 Å². The number of nitrogens with zero attached hydrogens (tertiary/aromatic N) is 3. The molecular weight excluding hydrogens is 421 g/mol. The van der Waals surface area contributed by atoms with Crippen LogP contribution >= 0.6 is 0 Å². The van der Waals surface area contributed by atoms with Gasteiger partial charge in [-0.15, -0.1) is 0 Å². The van der Waals surface area contributed by atoms with Gasteiger partial charge in [-0.3, -0.25) is 9.80 Å². The Kier molecular flexibility index (Phi) is 5.55. The molecule has 0 saturated carbocycles. The van der Waals surface area contributed by atoms with Gasteiger partial charge in [0.15, 0.2) is 5.78 Å². The maximum atomic E-state index is 13.9. The number of halogens is 3. The predicted octanol–water partition coefficient (Wildman–Crippen LogP) is 3.69. The van der Waals surface area contributed by atoms with E-state index in [0.29, 0.717) is 38.4 Å². The number of carbonyl (C=O) groups is 1. The summed E-state index contributed by atoms with van der Waals surface area (Å²) >= 11 is 0. The lowest BCUT2D eigenvalue weighted by molar-refractivity contribution is -0.138. The van der Waals surface area contributed by atoms with Crippen LogP contribution in [-0.2, 0) is 15.7 Å². The number of Topliss-reactive ketones (excluding diaryl/α,β-unsaturated/α-hetero) is 1. The summed E-state index contributed by atoms with van der Waals surface area (Å²) in [5.41, 5.74) is 5.86. The summed E-state index contributed by atoms with van der Waals surface area (Å²) in [7, 11) is 0. The molecule has 1 aromatic carbocycles. The van der Waals surface area contributed by atoms with E-state index in [1.807, 2.05) is 24.9 Å². The molecule has 1 unspecified atom stereocenters. The van der Waals surface area contributed by atoms with E-state index in [-0.39, 0.29) is 40.1 Å². The lowest BCUT2D eigenvalue weighted by Crippen LogP contribution is -2.53. The Bertz CT molecular complexity index is 1050. The number of carbonyl (C=O) groups excluding carboxylic acids is 1. The number of morpholine rings is 1. The van der Waals surface area contributed by atoms with Crippen molar-refractivity contribution in [3.8, 4) is 6.07 Å². The molecule has 1 aliphatic carbocycles. The van der Waals surface area contributed by atoms with Gasteiger partial charge in [0.2, 0.25) is 0 Å². The highest BCUT2D eigenvalue weighted by Crippen LogP contribution is 2.51. The Morgan fingerprint density at radius 2 is 1.84 bits per heavy atom. The summed E-state index contributed by atoms with van der Waals surface area (Å²) in [6.45, 7) is 5.79. The van der Waals surface area contributed by atoms with E-state index in [0.717, 1.165) is 6.07 Å². The number of hydrogen-bond acceptors (Lipinski definition) is 6. The molecule has 0 spiro atoms. The van der Waals surface area contributed by atoms with Crippen LogP contribution in [0.3, 0.4) is 0 Å². The normalized spacial score (nSPS) is 24.4. The molecule has 0 amide bonds. The number of nitrogens with two attached hydrogens (primary N) is 1. The Labute approximate surface area is 184 Å². The molecular formula is C23H25F3N4O2. The summed E-state index contributed by atoms with van der Waals surface area (Å²) < 4.78 is 47.1. The van der Waals surface area contributed by atoms with Crippen LogP contribution in [-0.4, -0.2) is 42.1 Å². The van der Waals surface area contributed by atoms with Crippen LogP contribution in [0, 0.1) is 16.7 Å². The standard InChI is InChI=1S/C23H25F3N4O2/c1-22(2)11-17-20(18(31)12-22)19(14-5-3-4-6-16(14)23(24,25)26)15(13-27)21(28)30(17)29-7-9-32-10-8-29/h3-6,19H,7-12,28H2,1-2H3. The fraction of sp³-hybridized carbons (Fsp3) is 0.478. The summed E-state index contributed by atoms with van der Waals surface area (Å²) in [6, 6.07) is 7.13. The van der Waals surface area contributed by atoms with Crippen molar-refractivity contribution in [1.82, 2.24) is 10.0 Å². The average Bonchev–Trinajstić information content (AvgIpc) is 2.72. The van der Waals surface area contributed by atoms with E-state index >= 15 is 0 Å². The first-order chi connectivity index (χ1) is 15.0. The molecule has 2 aliphatic heterocycles. The van der Waals surface area contributed by atoms with Crippen molar-refractivity contribution in [2.75, 3.05) is 26.3 Å². The number of benzene rings is 1. The number of rotatable bonds is 2. The van der Waals surface area contributed by atoms with Gasteiger partial charge in [0, 0.05) is 30.8 Å². The molecule has 1 atom stereocenters. The number of nitriles is 1. The van der Waals surface area contributed by atoms with Crippen LogP contribution in [0.2, 0.25) is 0 Å². The second kappa shape index (κ2) is 7.94. The minimum absolute atomic E-state index is 0.0417. The largest absolute Gasteiger partial charge is 0.416 e. The zero-order chi connectivity index (χ0) is 23.3. The lowest BCUT2D eigenvalue weighted by Gasteiger charge is -2.48. The van der Waals surface area contributed by atoms with Gasteiger partial charge in [0.1, 0.15) is 5.82 Å². The number of hydrazine groups is 1. The molecule has 3 aliphatic rings. The Morgan fingerprint density at radius 3 is 2.47 bits per heavy atom. The van der Waals surface area contributed by atoms with Crippen molar-refractivity contribution in [2.45, 2.75) is 38.8 Å². The smallest absolute Gasteiger partial charge is 0.383 e. The number of allylic oxidation sites excluding steroid dienone is 3. The molecule has 0 aromatic heterocycles. The molecule has 2 N–H and O–H groups in total. The maximum absolute atomic E-state index is 13.9. The minimum atomic E-state index is -4.63. The quantitative estimate of drug-likeness (QED) is 0.746. The fourth-order valence-corrected chi connectivity index (χ4v) is 4.89. The van der Waals surface area contributed by atoms with Crippen LogP contribution in [0.25, 0.3) is 0 Å². The van der Waals surface area contributed by atoms with Crippen molar-refractivity contribution in [3.63, 3.8) is 0 Å². The molecule has 9 heteroatoms. The molecule has 170 valence electrons. The second-order valence-corrected chi connectivity index (χ2v) is 9.11.